The Kier molecular flexibility index (Phi) is 4.97. The molecule has 19 heavy (non-hydrogen) atoms. The van der Waals surface area contributed by atoms with E-state index in [0.717, 1.165) is 32.7 Å². The van der Waals surface area contributed by atoms with E-state index in [0.29, 0.717) is 6.04 Å². The van der Waals surface area contributed by atoms with Crippen molar-refractivity contribution in [3.63, 3.8) is 0 Å². The van der Waals surface area contributed by atoms with Crippen LogP contribution in [0.25, 0.3) is 0 Å². The number of hydrogen-bond donors (Lipinski definition) is 1. The molecule has 1 aliphatic heterocycles. The van der Waals surface area contributed by atoms with E-state index < -0.39 is 0 Å². The lowest BCUT2D eigenvalue weighted by molar-refractivity contribution is -0.0111. The Labute approximate surface area is 116 Å². The highest BCUT2D eigenvalue weighted by Crippen LogP contribution is 2.20. The van der Waals surface area contributed by atoms with E-state index in [1.807, 2.05) is 0 Å². The summed E-state index contributed by atoms with van der Waals surface area (Å²) in [6.45, 7) is 10.1. The summed E-state index contributed by atoms with van der Waals surface area (Å²) < 4.78 is 5.55. The van der Waals surface area contributed by atoms with E-state index in [9.17, 15) is 0 Å². The number of benzene rings is 1. The third kappa shape index (κ3) is 3.56. The van der Waals surface area contributed by atoms with Gasteiger partial charge in [-0.1, -0.05) is 30.7 Å². The van der Waals surface area contributed by atoms with Crippen LogP contribution in [0.1, 0.15) is 36.1 Å². The quantitative estimate of drug-likeness (QED) is 0.905. The van der Waals surface area contributed by atoms with Gasteiger partial charge in [0.05, 0.1) is 13.2 Å². The van der Waals surface area contributed by atoms with Crippen LogP contribution in [-0.2, 0) is 4.74 Å². The molecule has 1 saturated heterocycles. The minimum absolute atomic E-state index is 0.0905. The highest BCUT2D eigenvalue weighted by Gasteiger charge is 2.23. The zero-order valence-electron chi connectivity index (χ0n) is 12.4. The second-order valence-corrected chi connectivity index (χ2v) is 5.60. The minimum Gasteiger partial charge on any atom is -0.378 e. The molecule has 2 rings (SSSR count). The molecule has 1 heterocycles. The van der Waals surface area contributed by atoms with Gasteiger partial charge < -0.3 is 10.5 Å². The predicted molar refractivity (Wildman–Crippen MR) is 79.3 cm³/mol. The molecule has 3 heteroatoms. The number of nitrogens with zero attached hydrogens (tertiary/aromatic N) is 1. The Morgan fingerprint density at radius 3 is 2.89 bits per heavy atom. The van der Waals surface area contributed by atoms with E-state index in [-0.39, 0.29) is 6.04 Å². The van der Waals surface area contributed by atoms with Crippen molar-refractivity contribution in [3.8, 4) is 0 Å². The van der Waals surface area contributed by atoms with Crippen molar-refractivity contribution >= 4 is 0 Å². The number of rotatable bonds is 4. The van der Waals surface area contributed by atoms with Crippen LogP contribution in [0.5, 0.6) is 0 Å². The maximum atomic E-state index is 6.41. The summed E-state index contributed by atoms with van der Waals surface area (Å²) in [6.07, 6.45) is 1.12. The van der Waals surface area contributed by atoms with Crippen molar-refractivity contribution in [1.29, 1.82) is 0 Å². The zero-order valence-corrected chi connectivity index (χ0v) is 12.4. The fourth-order valence-electron chi connectivity index (χ4n) is 2.90. The highest BCUT2D eigenvalue weighted by molar-refractivity contribution is 5.32. The van der Waals surface area contributed by atoms with Crippen LogP contribution in [0.2, 0.25) is 0 Å². The summed E-state index contributed by atoms with van der Waals surface area (Å²) in [6, 6.07) is 7.15. The molecule has 106 valence electrons. The van der Waals surface area contributed by atoms with Gasteiger partial charge >= 0.3 is 0 Å². The van der Waals surface area contributed by atoms with Gasteiger partial charge in [0.2, 0.25) is 0 Å². The topological polar surface area (TPSA) is 38.5 Å². The smallest absolute Gasteiger partial charge is 0.0622 e. The Morgan fingerprint density at radius 2 is 2.21 bits per heavy atom. The van der Waals surface area contributed by atoms with Crippen molar-refractivity contribution < 1.29 is 4.74 Å². The average Bonchev–Trinajstić information content (AvgIpc) is 2.39. The van der Waals surface area contributed by atoms with E-state index >= 15 is 0 Å². The normalized spacial score (nSPS) is 22.4. The number of nitrogens with two attached hydrogens (primary N) is 1. The van der Waals surface area contributed by atoms with Crippen LogP contribution in [0.4, 0.5) is 0 Å². The Balaban J connectivity index is 2.05. The molecule has 1 aromatic carbocycles. The first-order valence-electron chi connectivity index (χ1n) is 7.26. The van der Waals surface area contributed by atoms with Crippen LogP contribution < -0.4 is 5.73 Å². The lowest BCUT2D eigenvalue weighted by Gasteiger charge is -2.36. The van der Waals surface area contributed by atoms with Gasteiger partial charge in [0.15, 0.2) is 0 Å². The van der Waals surface area contributed by atoms with Crippen LogP contribution >= 0.6 is 0 Å². The molecule has 0 bridgehead atoms. The maximum Gasteiger partial charge on any atom is 0.0622 e. The van der Waals surface area contributed by atoms with Crippen molar-refractivity contribution in [1.82, 2.24) is 4.90 Å². The third-order valence-electron chi connectivity index (χ3n) is 4.08. The van der Waals surface area contributed by atoms with Crippen molar-refractivity contribution in [2.24, 2.45) is 5.73 Å². The molecule has 0 spiro atoms. The van der Waals surface area contributed by atoms with Crippen LogP contribution in [0.3, 0.4) is 0 Å². The first-order chi connectivity index (χ1) is 9.11. The van der Waals surface area contributed by atoms with E-state index in [4.69, 9.17) is 10.5 Å². The molecule has 0 saturated carbocycles. The molecule has 3 nitrogen and oxygen atoms in total. The molecular weight excluding hydrogens is 236 g/mol. The fourth-order valence-corrected chi connectivity index (χ4v) is 2.90. The fraction of sp³-hybridized carbons (Fsp3) is 0.625. The van der Waals surface area contributed by atoms with Crippen LogP contribution in [-0.4, -0.2) is 37.2 Å². The van der Waals surface area contributed by atoms with E-state index in [1.54, 1.807) is 0 Å². The summed E-state index contributed by atoms with van der Waals surface area (Å²) >= 11 is 0. The SMILES string of the molecule is CCC1COCCN1CC(N)c1ccc(C)cc1C. The van der Waals surface area contributed by atoms with Crippen molar-refractivity contribution in [2.45, 2.75) is 39.3 Å². The van der Waals surface area contributed by atoms with Gasteiger partial charge in [0.25, 0.3) is 0 Å². The number of aryl methyl sites for hydroxylation is 2. The lowest BCUT2D eigenvalue weighted by Crippen LogP contribution is -2.47. The van der Waals surface area contributed by atoms with Gasteiger partial charge in [-0.3, -0.25) is 4.90 Å². The van der Waals surface area contributed by atoms with Crippen molar-refractivity contribution in [3.05, 3.63) is 34.9 Å². The van der Waals surface area contributed by atoms with E-state index in [2.05, 4.69) is 43.9 Å². The van der Waals surface area contributed by atoms with Crippen LogP contribution in [0.15, 0.2) is 18.2 Å². The second kappa shape index (κ2) is 6.51. The average molecular weight is 262 g/mol. The summed E-state index contributed by atoms with van der Waals surface area (Å²) in [4.78, 5) is 2.48. The minimum atomic E-state index is 0.0905. The molecule has 0 aliphatic carbocycles. The molecule has 0 amide bonds. The predicted octanol–water partition coefficient (Wildman–Crippen LogP) is 2.41. The second-order valence-electron chi connectivity index (χ2n) is 5.60. The summed E-state index contributed by atoms with van der Waals surface area (Å²) in [5.41, 5.74) is 10.3. The van der Waals surface area contributed by atoms with E-state index in [1.165, 1.54) is 16.7 Å². The molecule has 2 atom stereocenters. The third-order valence-corrected chi connectivity index (χ3v) is 4.08. The highest BCUT2D eigenvalue weighted by atomic mass is 16.5. The molecule has 0 aromatic heterocycles. The standard InChI is InChI=1S/C16H26N2O/c1-4-14-11-19-8-7-18(14)10-16(17)15-6-5-12(2)9-13(15)3/h5-6,9,14,16H,4,7-8,10-11,17H2,1-3H3. The monoisotopic (exact) mass is 262 g/mol. The summed E-state index contributed by atoms with van der Waals surface area (Å²) in [5, 5.41) is 0. The number of hydrogen-bond acceptors (Lipinski definition) is 3. The molecule has 1 aliphatic rings. The molecular formula is C16H26N2O. The van der Waals surface area contributed by atoms with Gasteiger partial charge in [-0.25, -0.2) is 0 Å². The molecule has 1 aromatic rings. The zero-order chi connectivity index (χ0) is 13.8. The van der Waals surface area contributed by atoms with Crippen molar-refractivity contribution in [2.75, 3.05) is 26.3 Å². The Bertz CT molecular complexity index is 419. The first kappa shape index (κ1) is 14.5. The van der Waals surface area contributed by atoms with Gasteiger partial charge in [-0.2, -0.15) is 0 Å². The van der Waals surface area contributed by atoms with Gasteiger partial charge in [0, 0.05) is 25.2 Å². The van der Waals surface area contributed by atoms with Gasteiger partial charge in [-0.15, -0.1) is 0 Å². The largest absolute Gasteiger partial charge is 0.378 e. The first-order valence-corrected chi connectivity index (χ1v) is 7.26. The molecule has 0 radical (unpaired) electrons. The Morgan fingerprint density at radius 1 is 1.42 bits per heavy atom. The molecule has 2 unspecified atom stereocenters. The van der Waals surface area contributed by atoms with Gasteiger partial charge in [-0.05, 0) is 31.4 Å². The number of ether oxygens (including phenoxy) is 1. The Hall–Kier alpha value is -0.900. The summed E-state index contributed by atoms with van der Waals surface area (Å²) in [5.74, 6) is 0. The maximum absolute atomic E-state index is 6.41. The van der Waals surface area contributed by atoms with Crippen LogP contribution in [0, 0.1) is 13.8 Å². The summed E-state index contributed by atoms with van der Waals surface area (Å²) in [7, 11) is 0. The number of morpholine rings is 1. The molecule has 2 N–H and O–H groups in total. The van der Waals surface area contributed by atoms with Gasteiger partial charge in [0.1, 0.15) is 0 Å². The lowest BCUT2D eigenvalue weighted by atomic mass is 9.98. The molecule has 1 fully saturated rings.